The van der Waals surface area contributed by atoms with Crippen LogP contribution in [0, 0.1) is 26.2 Å². The van der Waals surface area contributed by atoms with E-state index in [0.29, 0.717) is 0 Å². The predicted molar refractivity (Wildman–Crippen MR) is 66.7 cm³/mol. The van der Waals surface area contributed by atoms with Gasteiger partial charge in [-0.3, -0.25) is 0 Å². The molecule has 88 valence electrons. The average Bonchev–Trinajstić information content (AvgIpc) is 2.19. The number of rotatable bonds is 3. The minimum atomic E-state index is 0.201. The third-order valence-electron chi connectivity index (χ3n) is 3.77. The summed E-state index contributed by atoms with van der Waals surface area (Å²) < 4.78 is 5.32. The van der Waals surface area contributed by atoms with Crippen molar-refractivity contribution < 1.29 is 4.74 Å². The van der Waals surface area contributed by atoms with Gasteiger partial charge < -0.3 is 10.5 Å². The molecule has 1 fully saturated rings. The first-order valence-corrected chi connectivity index (χ1v) is 5.91. The first-order valence-electron chi connectivity index (χ1n) is 5.91. The largest absolute Gasteiger partial charge is 0.380 e. The highest BCUT2D eigenvalue weighted by atomic mass is 16.5. The molecule has 1 aliphatic rings. The van der Waals surface area contributed by atoms with Gasteiger partial charge in [-0.1, -0.05) is 12.1 Å². The van der Waals surface area contributed by atoms with E-state index in [1.807, 2.05) is 0 Å². The summed E-state index contributed by atoms with van der Waals surface area (Å²) in [7, 11) is 0. The molecule has 2 N–H and O–H groups in total. The summed E-state index contributed by atoms with van der Waals surface area (Å²) in [6.07, 6.45) is 1.05. The lowest BCUT2D eigenvalue weighted by Gasteiger charge is -2.41. The molecule has 1 aromatic rings. The van der Waals surface area contributed by atoms with E-state index in [0.717, 1.165) is 26.2 Å². The SMILES string of the molecule is Cc1cc(C)c(CC2(CN)COC2)cc1C. The molecule has 0 bridgehead atoms. The van der Waals surface area contributed by atoms with Crippen LogP contribution in [0.4, 0.5) is 0 Å². The van der Waals surface area contributed by atoms with Gasteiger partial charge in [-0.15, -0.1) is 0 Å². The Morgan fingerprint density at radius 1 is 1.12 bits per heavy atom. The Hall–Kier alpha value is -0.860. The number of aryl methyl sites for hydroxylation is 3. The van der Waals surface area contributed by atoms with Crippen LogP contribution in [0.3, 0.4) is 0 Å². The smallest absolute Gasteiger partial charge is 0.0560 e. The van der Waals surface area contributed by atoms with Gasteiger partial charge in [0.2, 0.25) is 0 Å². The molecule has 0 saturated carbocycles. The van der Waals surface area contributed by atoms with Gasteiger partial charge in [-0.25, -0.2) is 0 Å². The lowest BCUT2D eigenvalue weighted by atomic mass is 9.78. The number of benzene rings is 1. The van der Waals surface area contributed by atoms with Crippen molar-refractivity contribution in [3.8, 4) is 0 Å². The van der Waals surface area contributed by atoms with E-state index in [4.69, 9.17) is 10.5 Å². The van der Waals surface area contributed by atoms with Gasteiger partial charge in [-0.05, 0) is 49.4 Å². The van der Waals surface area contributed by atoms with Crippen molar-refractivity contribution in [2.24, 2.45) is 11.1 Å². The molecule has 1 heterocycles. The molecular formula is C14H21NO. The topological polar surface area (TPSA) is 35.2 Å². The minimum Gasteiger partial charge on any atom is -0.380 e. The third-order valence-corrected chi connectivity index (χ3v) is 3.77. The summed E-state index contributed by atoms with van der Waals surface area (Å²) in [5.74, 6) is 0. The monoisotopic (exact) mass is 219 g/mol. The molecule has 2 heteroatoms. The van der Waals surface area contributed by atoms with Gasteiger partial charge in [-0.2, -0.15) is 0 Å². The summed E-state index contributed by atoms with van der Waals surface area (Å²) in [5, 5.41) is 0. The van der Waals surface area contributed by atoms with Crippen molar-refractivity contribution >= 4 is 0 Å². The average molecular weight is 219 g/mol. The number of hydrogen-bond acceptors (Lipinski definition) is 2. The predicted octanol–water partition coefficient (Wildman–Crippen LogP) is 2.13. The number of ether oxygens (including phenoxy) is 1. The van der Waals surface area contributed by atoms with Crippen LogP contribution in [0.15, 0.2) is 12.1 Å². The van der Waals surface area contributed by atoms with Crippen LogP contribution in [0.25, 0.3) is 0 Å². The third kappa shape index (κ3) is 2.00. The molecule has 1 aromatic carbocycles. The zero-order valence-corrected chi connectivity index (χ0v) is 10.5. The molecule has 1 aliphatic heterocycles. The Labute approximate surface area is 97.8 Å². The fourth-order valence-electron chi connectivity index (χ4n) is 2.30. The summed E-state index contributed by atoms with van der Waals surface area (Å²) >= 11 is 0. The summed E-state index contributed by atoms with van der Waals surface area (Å²) in [6.45, 7) is 8.87. The molecular weight excluding hydrogens is 198 g/mol. The van der Waals surface area contributed by atoms with E-state index in [9.17, 15) is 0 Å². The Kier molecular flexibility index (Phi) is 3.04. The molecule has 2 rings (SSSR count). The second-order valence-electron chi connectivity index (χ2n) is 5.24. The molecule has 1 saturated heterocycles. The van der Waals surface area contributed by atoms with Crippen molar-refractivity contribution in [3.05, 3.63) is 34.4 Å². The maximum Gasteiger partial charge on any atom is 0.0560 e. The molecule has 0 amide bonds. The first kappa shape index (κ1) is 11.6. The fraction of sp³-hybridized carbons (Fsp3) is 0.571. The Balaban J connectivity index is 2.24. The molecule has 2 nitrogen and oxygen atoms in total. The Morgan fingerprint density at radius 3 is 2.25 bits per heavy atom. The van der Waals surface area contributed by atoms with Crippen LogP contribution in [-0.4, -0.2) is 19.8 Å². The number of hydrogen-bond donors (Lipinski definition) is 1. The second-order valence-corrected chi connectivity index (χ2v) is 5.24. The van der Waals surface area contributed by atoms with Crippen LogP contribution in [0.5, 0.6) is 0 Å². The molecule has 16 heavy (non-hydrogen) atoms. The van der Waals surface area contributed by atoms with Gasteiger partial charge >= 0.3 is 0 Å². The lowest BCUT2D eigenvalue weighted by molar-refractivity contribution is -0.106. The molecule has 0 unspecified atom stereocenters. The normalized spacial score (nSPS) is 18.2. The molecule has 0 radical (unpaired) electrons. The van der Waals surface area contributed by atoms with E-state index >= 15 is 0 Å². The summed E-state index contributed by atoms with van der Waals surface area (Å²) in [4.78, 5) is 0. The summed E-state index contributed by atoms with van der Waals surface area (Å²) in [5.41, 5.74) is 11.6. The molecule has 0 spiro atoms. The van der Waals surface area contributed by atoms with E-state index in [2.05, 4.69) is 32.9 Å². The van der Waals surface area contributed by atoms with Crippen LogP contribution < -0.4 is 5.73 Å². The van der Waals surface area contributed by atoms with Gasteiger partial charge in [0.25, 0.3) is 0 Å². The standard InChI is InChI=1S/C14H21NO/c1-10-4-12(3)13(5-11(10)2)6-14(7-15)8-16-9-14/h4-5H,6-9,15H2,1-3H3. The van der Waals surface area contributed by atoms with Gasteiger partial charge in [0.1, 0.15) is 0 Å². The van der Waals surface area contributed by atoms with Crippen LogP contribution in [0.1, 0.15) is 22.3 Å². The van der Waals surface area contributed by atoms with Crippen molar-refractivity contribution in [3.63, 3.8) is 0 Å². The van der Waals surface area contributed by atoms with Crippen LogP contribution in [-0.2, 0) is 11.2 Å². The van der Waals surface area contributed by atoms with E-state index in [-0.39, 0.29) is 5.41 Å². The van der Waals surface area contributed by atoms with Crippen molar-refractivity contribution in [1.29, 1.82) is 0 Å². The van der Waals surface area contributed by atoms with E-state index < -0.39 is 0 Å². The number of nitrogens with two attached hydrogens (primary N) is 1. The summed E-state index contributed by atoms with van der Waals surface area (Å²) in [6, 6.07) is 4.58. The lowest BCUT2D eigenvalue weighted by Crippen LogP contribution is -2.49. The quantitative estimate of drug-likeness (QED) is 0.845. The molecule has 0 atom stereocenters. The molecule has 0 aromatic heterocycles. The second kappa shape index (κ2) is 4.19. The van der Waals surface area contributed by atoms with Crippen LogP contribution in [0.2, 0.25) is 0 Å². The first-order chi connectivity index (χ1) is 7.56. The maximum absolute atomic E-state index is 5.85. The van der Waals surface area contributed by atoms with Crippen LogP contribution >= 0.6 is 0 Å². The Morgan fingerprint density at radius 2 is 1.75 bits per heavy atom. The van der Waals surface area contributed by atoms with Gasteiger partial charge in [0.05, 0.1) is 13.2 Å². The van der Waals surface area contributed by atoms with Crippen molar-refractivity contribution in [2.75, 3.05) is 19.8 Å². The zero-order chi connectivity index (χ0) is 11.8. The Bertz CT molecular complexity index is 388. The van der Waals surface area contributed by atoms with Crippen molar-refractivity contribution in [1.82, 2.24) is 0 Å². The van der Waals surface area contributed by atoms with E-state index in [1.54, 1.807) is 0 Å². The van der Waals surface area contributed by atoms with Crippen molar-refractivity contribution in [2.45, 2.75) is 27.2 Å². The zero-order valence-electron chi connectivity index (χ0n) is 10.5. The molecule has 0 aliphatic carbocycles. The van der Waals surface area contributed by atoms with Gasteiger partial charge in [0.15, 0.2) is 0 Å². The highest BCUT2D eigenvalue weighted by Crippen LogP contribution is 2.32. The highest BCUT2D eigenvalue weighted by molar-refractivity contribution is 5.37. The maximum atomic E-state index is 5.85. The minimum absolute atomic E-state index is 0.201. The highest BCUT2D eigenvalue weighted by Gasteiger charge is 2.37. The van der Waals surface area contributed by atoms with E-state index in [1.165, 1.54) is 22.3 Å². The van der Waals surface area contributed by atoms with Gasteiger partial charge in [0, 0.05) is 12.0 Å². The fourth-order valence-corrected chi connectivity index (χ4v) is 2.30.